The molecular formula is C19H16ClN5O5. The molecule has 0 unspecified atom stereocenters. The largest absolute Gasteiger partial charge is 0.460 e. The van der Waals surface area contributed by atoms with Crippen LogP contribution in [0.25, 0.3) is 11.3 Å². The van der Waals surface area contributed by atoms with E-state index in [0.717, 1.165) is 0 Å². The van der Waals surface area contributed by atoms with E-state index in [4.69, 9.17) is 16.0 Å². The zero-order valence-electron chi connectivity index (χ0n) is 15.8. The molecule has 4 aromatic rings. The van der Waals surface area contributed by atoms with E-state index in [-0.39, 0.29) is 27.6 Å². The lowest BCUT2D eigenvalue weighted by Gasteiger charge is -2.12. The van der Waals surface area contributed by atoms with Crippen LogP contribution in [0.1, 0.15) is 34.2 Å². The Bertz CT molecular complexity index is 1320. The summed E-state index contributed by atoms with van der Waals surface area (Å²) in [5.74, 6) is -0.215. The Labute approximate surface area is 173 Å². The number of benzene rings is 1. The zero-order valence-corrected chi connectivity index (χ0v) is 16.6. The van der Waals surface area contributed by atoms with Crippen LogP contribution < -0.4 is 11.1 Å². The van der Waals surface area contributed by atoms with E-state index in [1.807, 2.05) is 0 Å². The Morgan fingerprint density at radius 2 is 1.57 bits per heavy atom. The molecule has 1 aromatic carbocycles. The van der Waals surface area contributed by atoms with Gasteiger partial charge < -0.3 is 14.6 Å². The van der Waals surface area contributed by atoms with Crippen LogP contribution in [0.3, 0.4) is 0 Å². The van der Waals surface area contributed by atoms with Crippen molar-refractivity contribution in [3.63, 3.8) is 0 Å². The van der Waals surface area contributed by atoms with Crippen LogP contribution in [0.2, 0.25) is 5.02 Å². The summed E-state index contributed by atoms with van der Waals surface area (Å²) in [6, 6.07) is 7.23. The number of nitrogens with one attached hydrogen (secondary N) is 4. The number of hydrogen-bond acceptors (Lipinski definition) is 5. The first-order valence-electron chi connectivity index (χ1n) is 8.86. The van der Waals surface area contributed by atoms with Gasteiger partial charge in [0.15, 0.2) is 0 Å². The summed E-state index contributed by atoms with van der Waals surface area (Å²) < 4.78 is 5.97. The van der Waals surface area contributed by atoms with E-state index in [1.165, 1.54) is 18.2 Å². The molecule has 11 heteroatoms. The van der Waals surface area contributed by atoms with Gasteiger partial charge in [0, 0.05) is 29.1 Å². The van der Waals surface area contributed by atoms with Crippen LogP contribution in [0.4, 0.5) is 5.69 Å². The van der Waals surface area contributed by atoms with Crippen molar-refractivity contribution in [2.24, 2.45) is 0 Å². The Kier molecular flexibility index (Phi) is 4.70. The fraction of sp³-hybridized carbons (Fsp3) is 0.158. The SMILES string of the molecule is Cc1[nH][nH]c(=O)c1C(c1ccc(-c2cc([N+](=O)[O-])ccc2Cl)o1)c1c(C)[nH][nH]c1=O. The van der Waals surface area contributed by atoms with Gasteiger partial charge in [0.25, 0.3) is 16.8 Å². The molecule has 0 fully saturated rings. The minimum absolute atomic E-state index is 0.139. The van der Waals surface area contributed by atoms with E-state index in [2.05, 4.69) is 20.4 Å². The average Bonchev–Trinajstić information content (AvgIpc) is 3.39. The third kappa shape index (κ3) is 3.16. The summed E-state index contributed by atoms with van der Waals surface area (Å²) >= 11 is 6.22. The number of furan rings is 1. The first-order chi connectivity index (χ1) is 14.3. The first kappa shape index (κ1) is 19.5. The lowest BCUT2D eigenvalue weighted by atomic mass is 9.89. The lowest BCUT2D eigenvalue weighted by molar-refractivity contribution is -0.384. The molecule has 154 valence electrons. The number of aryl methyl sites for hydroxylation is 2. The number of hydrogen-bond donors (Lipinski definition) is 4. The second-order valence-corrected chi connectivity index (χ2v) is 7.20. The van der Waals surface area contributed by atoms with Crippen LogP contribution in [0.15, 0.2) is 44.3 Å². The van der Waals surface area contributed by atoms with Gasteiger partial charge in [-0.25, -0.2) is 0 Å². The normalized spacial score (nSPS) is 11.3. The molecule has 0 atom stereocenters. The van der Waals surface area contributed by atoms with Crippen molar-refractivity contribution in [2.45, 2.75) is 19.8 Å². The van der Waals surface area contributed by atoms with Crippen molar-refractivity contribution in [1.29, 1.82) is 0 Å². The Morgan fingerprint density at radius 3 is 2.07 bits per heavy atom. The molecule has 30 heavy (non-hydrogen) atoms. The van der Waals surface area contributed by atoms with Gasteiger partial charge in [-0.05, 0) is 32.0 Å². The third-order valence-electron chi connectivity index (χ3n) is 4.94. The van der Waals surface area contributed by atoms with E-state index >= 15 is 0 Å². The molecule has 0 bridgehead atoms. The number of nitro benzene ring substituents is 1. The van der Waals surface area contributed by atoms with Crippen molar-refractivity contribution >= 4 is 17.3 Å². The van der Waals surface area contributed by atoms with Crippen LogP contribution in [0, 0.1) is 24.0 Å². The van der Waals surface area contributed by atoms with Crippen LogP contribution >= 0.6 is 11.6 Å². The molecule has 0 aliphatic heterocycles. The number of nitro groups is 1. The van der Waals surface area contributed by atoms with Crippen LogP contribution in [0.5, 0.6) is 0 Å². The van der Waals surface area contributed by atoms with Gasteiger partial charge in [0.1, 0.15) is 11.5 Å². The molecule has 3 aromatic heterocycles. The molecule has 0 aliphatic carbocycles. The molecule has 0 radical (unpaired) electrons. The number of aromatic nitrogens is 4. The van der Waals surface area contributed by atoms with Crippen molar-refractivity contribution in [3.05, 3.63) is 94.5 Å². The van der Waals surface area contributed by atoms with Gasteiger partial charge in [-0.3, -0.25) is 29.9 Å². The molecule has 4 N–H and O–H groups in total. The third-order valence-corrected chi connectivity index (χ3v) is 5.27. The predicted octanol–water partition coefficient (Wildman–Crippen LogP) is 3.34. The number of aromatic amines is 4. The maximum atomic E-state index is 12.5. The monoisotopic (exact) mass is 429 g/mol. The summed E-state index contributed by atoms with van der Waals surface area (Å²) in [7, 11) is 0. The molecule has 0 spiro atoms. The molecule has 0 saturated carbocycles. The summed E-state index contributed by atoms with van der Waals surface area (Å²) in [4.78, 5) is 35.5. The molecular weight excluding hydrogens is 414 g/mol. The van der Waals surface area contributed by atoms with Crippen molar-refractivity contribution in [2.75, 3.05) is 0 Å². The molecule has 4 rings (SSSR count). The highest BCUT2D eigenvalue weighted by molar-refractivity contribution is 6.33. The summed E-state index contributed by atoms with van der Waals surface area (Å²) in [6.07, 6.45) is 0. The van der Waals surface area contributed by atoms with Gasteiger partial charge in [0.05, 0.1) is 27.0 Å². The van der Waals surface area contributed by atoms with Gasteiger partial charge >= 0.3 is 0 Å². The zero-order chi connectivity index (χ0) is 21.6. The van der Waals surface area contributed by atoms with Gasteiger partial charge in [-0.15, -0.1) is 0 Å². The minimum Gasteiger partial charge on any atom is -0.460 e. The molecule has 0 saturated heterocycles. The molecule has 0 amide bonds. The maximum Gasteiger partial charge on any atom is 0.270 e. The van der Waals surface area contributed by atoms with Crippen molar-refractivity contribution in [3.8, 4) is 11.3 Å². The van der Waals surface area contributed by atoms with Gasteiger partial charge in [0.2, 0.25) is 0 Å². The van der Waals surface area contributed by atoms with Crippen molar-refractivity contribution < 1.29 is 9.34 Å². The highest BCUT2D eigenvalue weighted by Gasteiger charge is 2.31. The Hall–Kier alpha value is -3.79. The maximum absolute atomic E-state index is 12.5. The number of halogens is 1. The highest BCUT2D eigenvalue weighted by atomic mass is 35.5. The number of rotatable bonds is 5. The quantitative estimate of drug-likeness (QED) is 0.283. The highest BCUT2D eigenvalue weighted by Crippen LogP contribution is 2.37. The van der Waals surface area contributed by atoms with Gasteiger partial charge in [-0.1, -0.05) is 11.6 Å². The van der Waals surface area contributed by atoms with E-state index in [0.29, 0.717) is 33.8 Å². The molecule has 10 nitrogen and oxygen atoms in total. The van der Waals surface area contributed by atoms with Gasteiger partial charge in [-0.2, -0.15) is 0 Å². The number of H-pyrrole nitrogens is 4. The Balaban J connectivity index is 1.91. The molecule has 0 aliphatic rings. The van der Waals surface area contributed by atoms with E-state index < -0.39 is 10.8 Å². The summed E-state index contributed by atoms with van der Waals surface area (Å²) in [5, 5.41) is 21.9. The van der Waals surface area contributed by atoms with E-state index in [1.54, 1.807) is 26.0 Å². The second kappa shape index (κ2) is 7.23. The van der Waals surface area contributed by atoms with Crippen LogP contribution in [-0.2, 0) is 0 Å². The fourth-order valence-corrected chi connectivity index (χ4v) is 3.71. The topological polar surface area (TPSA) is 154 Å². The second-order valence-electron chi connectivity index (χ2n) is 6.79. The standard InChI is InChI=1S/C19H16ClN5O5/c1-8-15(18(26)23-21-8)17(16-9(2)22-24-19(16)27)14-6-5-13(30-14)11-7-10(25(28)29)3-4-12(11)20/h3-7,17H,1-2H3,(H2,21,23,26)(H2,22,24,27). The first-order valence-corrected chi connectivity index (χ1v) is 9.24. The number of nitrogens with zero attached hydrogens (tertiary/aromatic N) is 1. The fourth-order valence-electron chi connectivity index (χ4n) is 3.50. The predicted molar refractivity (Wildman–Crippen MR) is 109 cm³/mol. The minimum atomic E-state index is -0.804. The lowest BCUT2D eigenvalue weighted by Crippen LogP contribution is -2.19. The summed E-state index contributed by atoms with van der Waals surface area (Å²) in [6.45, 7) is 3.41. The van der Waals surface area contributed by atoms with E-state index in [9.17, 15) is 19.7 Å². The molecule has 3 heterocycles. The van der Waals surface area contributed by atoms with Crippen molar-refractivity contribution in [1.82, 2.24) is 20.4 Å². The average molecular weight is 430 g/mol. The Morgan fingerprint density at radius 1 is 0.967 bits per heavy atom. The number of non-ortho nitro benzene ring substituents is 1. The van der Waals surface area contributed by atoms with Crippen LogP contribution in [-0.4, -0.2) is 25.3 Å². The smallest absolute Gasteiger partial charge is 0.270 e. The summed E-state index contributed by atoms with van der Waals surface area (Å²) in [5.41, 5.74) is 1.18.